The Morgan fingerprint density at radius 3 is 2.34 bits per heavy atom. The van der Waals surface area contributed by atoms with E-state index in [1.54, 1.807) is 24.3 Å². The molecule has 144 valence electrons. The van der Waals surface area contributed by atoms with Gasteiger partial charge >= 0.3 is 0 Å². The summed E-state index contributed by atoms with van der Waals surface area (Å²) in [5.74, 6) is 0.813. The van der Waals surface area contributed by atoms with E-state index in [9.17, 15) is 9.59 Å². The molecule has 4 nitrogen and oxygen atoms in total. The quantitative estimate of drug-likeness (QED) is 0.453. The second-order valence-corrected chi connectivity index (χ2v) is 7.77. The lowest BCUT2D eigenvalue weighted by atomic mass is 9.78. The normalized spacial score (nSPS) is 23.5. The summed E-state index contributed by atoms with van der Waals surface area (Å²) >= 11 is 0. The number of allylic oxidation sites excluding steroid dienone is 2. The maximum atomic E-state index is 12.9. The molecule has 1 aliphatic carbocycles. The molecule has 1 fully saturated rings. The molecule has 0 N–H and O–H groups in total. The third-order valence-electron chi connectivity index (χ3n) is 5.92. The first-order valence-corrected chi connectivity index (χ1v) is 9.93. The third-order valence-corrected chi connectivity index (χ3v) is 5.92. The number of imide groups is 1. The van der Waals surface area contributed by atoms with Crippen molar-refractivity contribution in [1.82, 2.24) is 0 Å². The van der Waals surface area contributed by atoms with Crippen molar-refractivity contribution in [2.24, 2.45) is 17.8 Å². The van der Waals surface area contributed by atoms with Gasteiger partial charge in [-0.05, 0) is 59.5 Å². The molecule has 3 atom stereocenters. The van der Waals surface area contributed by atoms with Crippen molar-refractivity contribution in [2.75, 3.05) is 4.90 Å². The van der Waals surface area contributed by atoms with Crippen LogP contribution >= 0.6 is 0 Å². The molecule has 1 saturated heterocycles. The van der Waals surface area contributed by atoms with E-state index in [-0.39, 0.29) is 29.6 Å². The van der Waals surface area contributed by atoms with Gasteiger partial charge in [0.05, 0.1) is 17.5 Å². The van der Waals surface area contributed by atoms with Gasteiger partial charge < -0.3 is 4.74 Å². The molecule has 4 heteroatoms. The van der Waals surface area contributed by atoms with Crippen LogP contribution in [0.1, 0.15) is 13.3 Å². The smallest absolute Gasteiger partial charge is 0.238 e. The number of rotatable bonds is 3. The van der Waals surface area contributed by atoms with Gasteiger partial charge in [0.2, 0.25) is 11.8 Å². The molecule has 0 unspecified atom stereocenters. The van der Waals surface area contributed by atoms with Gasteiger partial charge in [-0.15, -0.1) is 0 Å². The average molecular weight is 383 g/mol. The SMILES string of the molecule is C[C@@H]1C=CC[C@H]2C(=O)N(c3ccc(Oc4ccc5ccccc5c4)cc3)C(=O)[C@H]12. The largest absolute Gasteiger partial charge is 0.457 e. The van der Waals surface area contributed by atoms with Gasteiger partial charge in [-0.3, -0.25) is 14.5 Å². The molecule has 0 aromatic heterocycles. The summed E-state index contributed by atoms with van der Waals surface area (Å²) in [6, 6.07) is 21.2. The first-order chi connectivity index (χ1) is 14.1. The van der Waals surface area contributed by atoms with E-state index < -0.39 is 0 Å². The zero-order valence-electron chi connectivity index (χ0n) is 16.1. The molecule has 29 heavy (non-hydrogen) atoms. The van der Waals surface area contributed by atoms with E-state index in [4.69, 9.17) is 4.74 Å². The lowest BCUT2D eigenvalue weighted by Crippen LogP contribution is -2.31. The maximum absolute atomic E-state index is 12.9. The summed E-state index contributed by atoms with van der Waals surface area (Å²) in [6.07, 6.45) is 4.69. The van der Waals surface area contributed by atoms with Crippen molar-refractivity contribution in [3.8, 4) is 11.5 Å². The molecule has 3 aromatic carbocycles. The van der Waals surface area contributed by atoms with Crippen molar-refractivity contribution in [3.63, 3.8) is 0 Å². The molecule has 1 aliphatic heterocycles. The lowest BCUT2D eigenvalue weighted by Gasteiger charge is -2.22. The number of nitrogens with zero attached hydrogens (tertiary/aromatic N) is 1. The summed E-state index contributed by atoms with van der Waals surface area (Å²) in [7, 11) is 0. The van der Waals surface area contributed by atoms with Crippen molar-refractivity contribution < 1.29 is 14.3 Å². The number of carbonyl (C=O) groups excluding carboxylic acids is 2. The number of hydrogen-bond donors (Lipinski definition) is 0. The highest BCUT2D eigenvalue weighted by Crippen LogP contribution is 2.40. The fourth-order valence-corrected chi connectivity index (χ4v) is 4.43. The Labute approximate surface area is 169 Å². The van der Waals surface area contributed by atoms with Crippen LogP contribution in [0.15, 0.2) is 78.9 Å². The number of hydrogen-bond acceptors (Lipinski definition) is 3. The third kappa shape index (κ3) is 3.01. The fourth-order valence-electron chi connectivity index (χ4n) is 4.43. The van der Waals surface area contributed by atoms with Crippen molar-refractivity contribution in [2.45, 2.75) is 13.3 Å². The number of carbonyl (C=O) groups is 2. The molecule has 5 rings (SSSR count). The second-order valence-electron chi connectivity index (χ2n) is 7.77. The highest BCUT2D eigenvalue weighted by Gasteiger charge is 2.50. The first-order valence-electron chi connectivity index (χ1n) is 9.93. The fraction of sp³-hybridized carbons (Fsp3) is 0.200. The average Bonchev–Trinajstić information content (AvgIpc) is 3.00. The summed E-state index contributed by atoms with van der Waals surface area (Å²) in [5.41, 5.74) is 0.604. The molecule has 0 bridgehead atoms. The number of ether oxygens (including phenoxy) is 1. The number of anilines is 1. The Morgan fingerprint density at radius 1 is 0.862 bits per heavy atom. The van der Waals surface area contributed by atoms with Crippen LogP contribution in [0.2, 0.25) is 0 Å². The van der Waals surface area contributed by atoms with Crippen LogP contribution in [-0.4, -0.2) is 11.8 Å². The van der Waals surface area contributed by atoms with Gasteiger partial charge in [0.25, 0.3) is 0 Å². The Balaban J connectivity index is 1.37. The van der Waals surface area contributed by atoms with Gasteiger partial charge in [0, 0.05) is 0 Å². The van der Waals surface area contributed by atoms with E-state index in [0.717, 1.165) is 16.5 Å². The predicted molar refractivity (Wildman–Crippen MR) is 113 cm³/mol. The summed E-state index contributed by atoms with van der Waals surface area (Å²) in [4.78, 5) is 27.1. The Kier molecular flexibility index (Phi) is 4.20. The van der Waals surface area contributed by atoms with Gasteiger partial charge in [-0.2, -0.15) is 0 Å². The summed E-state index contributed by atoms with van der Waals surface area (Å²) < 4.78 is 5.97. The zero-order chi connectivity index (χ0) is 20.0. The molecule has 0 saturated carbocycles. The molecule has 0 radical (unpaired) electrons. The number of amides is 2. The van der Waals surface area contributed by atoms with Crippen molar-refractivity contribution in [3.05, 3.63) is 78.9 Å². The van der Waals surface area contributed by atoms with Gasteiger partial charge in [0.1, 0.15) is 11.5 Å². The molecule has 2 amide bonds. The molecule has 0 spiro atoms. The molecule has 1 heterocycles. The topological polar surface area (TPSA) is 46.6 Å². The Hall–Kier alpha value is -3.40. The van der Waals surface area contributed by atoms with E-state index in [1.165, 1.54) is 4.90 Å². The minimum Gasteiger partial charge on any atom is -0.457 e. The van der Waals surface area contributed by atoms with Crippen LogP contribution in [-0.2, 0) is 9.59 Å². The Morgan fingerprint density at radius 2 is 1.59 bits per heavy atom. The van der Waals surface area contributed by atoms with Gasteiger partial charge in [-0.1, -0.05) is 49.4 Å². The highest BCUT2D eigenvalue weighted by molar-refractivity contribution is 6.22. The molecular weight excluding hydrogens is 362 g/mol. The first kappa shape index (κ1) is 17.7. The minimum atomic E-state index is -0.249. The van der Waals surface area contributed by atoms with Crippen molar-refractivity contribution >= 4 is 28.3 Å². The predicted octanol–water partition coefficient (Wildman–Crippen LogP) is 5.33. The van der Waals surface area contributed by atoms with Crippen molar-refractivity contribution in [1.29, 1.82) is 0 Å². The maximum Gasteiger partial charge on any atom is 0.238 e. The van der Waals surface area contributed by atoms with E-state index in [2.05, 4.69) is 6.07 Å². The molecule has 3 aromatic rings. The van der Waals surface area contributed by atoms with Crippen LogP contribution in [0.3, 0.4) is 0 Å². The van der Waals surface area contributed by atoms with Crippen LogP contribution in [0.5, 0.6) is 11.5 Å². The summed E-state index contributed by atoms with van der Waals surface area (Å²) in [6.45, 7) is 2.00. The van der Waals surface area contributed by atoms with Gasteiger partial charge in [-0.25, -0.2) is 0 Å². The molecular formula is C25H21NO3. The van der Waals surface area contributed by atoms with E-state index in [0.29, 0.717) is 17.9 Å². The van der Waals surface area contributed by atoms with Crippen LogP contribution in [0, 0.1) is 17.8 Å². The van der Waals surface area contributed by atoms with Gasteiger partial charge in [0.15, 0.2) is 0 Å². The molecule has 2 aliphatic rings. The van der Waals surface area contributed by atoms with E-state index >= 15 is 0 Å². The zero-order valence-corrected chi connectivity index (χ0v) is 16.1. The number of benzene rings is 3. The van der Waals surface area contributed by atoms with E-state index in [1.807, 2.05) is 55.5 Å². The highest BCUT2D eigenvalue weighted by atomic mass is 16.5. The Bertz CT molecular complexity index is 1130. The van der Waals surface area contributed by atoms with Crippen LogP contribution < -0.4 is 9.64 Å². The summed E-state index contributed by atoms with van der Waals surface area (Å²) in [5, 5.41) is 2.27. The standard InChI is InChI=1S/C25H21NO3/c1-16-5-4-8-22-23(16)25(28)26(24(22)27)19-10-13-20(14-11-19)29-21-12-9-17-6-2-3-7-18(17)15-21/h2-7,9-16,22-23H,8H2,1H3/t16-,22-,23-/m1/s1. The number of fused-ring (bicyclic) bond motifs is 2. The monoisotopic (exact) mass is 383 g/mol. The van der Waals surface area contributed by atoms with Crippen LogP contribution in [0.4, 0.5) is 5.69 Å². The van der Waals surface area contributed by atoms with Crippen LogP contribution in [0.25, 0.3) is 10.8 Å². The second kappa shape index (κ2) is 6.89. The lowest BCUT2D eigenvalue weighted by molar-refractivity contribution is -0.122. The minimum absolute atomic E-state index is 0.0886.